The summed E-state index contributed by atoms with van der Waals surface area (Å²) in [6, 6.07) is 12.7. The molecule has 3 aromatic rings. The molecule has 1 heterocycles. The zero-order chi connectivity index (χ0) is 20.3. The second-order valence-corrected chi connectivity index (χ2v) is 6.40. The molecule has 0 saturated heterocycles. The van der Waals surface area contributed by atoms with Crippen molar-refractivity contribution in [3.63, 3.8) is 0 Å². The molecule has 1 N–H and O–H groups in total. The smallest absolute Gasteiger partial charge is 0.255 e. The van der Waals surface area contributed by atoms with Crippen LogP contribution in [-0.4, -0.2) is 42.4 Å². The number of fused-ring (bicyclic) bond motifs is 1. The van der Waals surface area contributed by atoms with Crippen LogP contribution in [0.5, 0.6) is 5.75 Å². The van der Waals surface area contributed by atoms with Gasteiger partial charge in [-0.3, -0.25) is 14.6 Å². The Labute approximate surface area is 161 Å². The Morgan fingerprint density at radius 2 is 1.96 bits per heavy atom. The minimum atomic E-state index is -0.449. The topological polar surface area (TPSA) is 71.5 Å². The molecule has 6 nitrogen and oxygen atoms in total. The van der Waals surface area contributed by atoms with Gasteiger partial charge in [-0.1, -0.05) is 6.07 Å². The van der Waals surface area contributed by atoms with Crippen LogP contribution in [0.1, 0.15) is 16.1 Å². The van der Waals surface area contributed by atoms with Gasteiger partial charge in [0.15, 0.2) is 0 Å². The maximum Gasteiger partial charge on any atom is 0.255 e. The van der Waals surface area contributed by atoms with Crippen LogP contribution >= 0.6 is 0 Å². The summed E-state index contributed by atoms with van der Waals surface area (Å²) in [6.07, 6.45) is 0. The number of amides is 2. The number of aryl methyl sites for hydroxylation is 1. The molecule has 0 aliphatic rings. The molecule has 0 radical (unpaired) electrons. The van der Waals surface area contributed by atoms with Crippen molar-refractivity contribution in [2.45, 2.75) is 6.92 Å². The van der Waals surface area contributed by atoms with Crippen LogP contribution in [0.15, 0.2) is 48.5 Å². The van der Waals surface area contributed by atoms with E-state index in [1.54, 1.807) is 38.3 Å². The number of aromatic nitrogens is 1. The Bertz CT molecular complexity index is 1050. The van der Waals surface area contributed by atoms with Gasteiger partial charge in [-0.2, -0.15) is 0 Å². The minimum absolute atomic E-state index is 0.176. The lowest BCUT2D eigenvalue weighted by Gasteiger charge is -2.18. The molecule has 7 heteroatoms. The summed E-state index contributed by atoms with van der Waals surface area (Å²) in [7, 11) is 3.10. The lowest BCUT2D eigenvalue weighted by molar-refractivity contribution is -0.116. The molecule has 0 atom stereocenters. The van der Waals surface area contributed by atoms with E-state index in [-0.39, 0.29) is 12.5 Å². The largest absolute Gasteiger partial charge is 0.497 e. The number of rotatable bonds is 5. The summed E-state index contributed by atoms with van der Waals surface area (Å²) in [5.41, 5.74) is 2.06. The summed E-state index contributed by atoms with van der Waals surface area (Å²) in [5, 5.41) is 3.34. The summed E-state index contributed by atoms with van der Waals surface area (Å²) in [4.78, 5) is 30.8. The van der Waals surface area contributed by atoms with Gasteiger partial charge in [-0.05, 0) is 49.4 Å². The number of hydrogen-bond acceptors (Lipinski definition) is 4. The summed E-state index contributed by atoms with van der Waals surface area (Å²) < 4.78 is 18.4. The molecule has 0 aliphatic heterocycles. The number of halogens is 1. The van der Waals surface area contributed by atoms with Crippen molar-refractivity contribution >= 4 is 28.4 Å². The van der Waals surface area contributed by atoms with Crippen molar-refractivity contribution in [3.05, 3.63) is 65.6 Å². The van der Waals surface area contributed by atoms with Crippen LogP contribution in [0.4, 0.5) is 10.1 Å². The first-order valence-electron chi connectivity index (χ1n) is 8.63. The fraction of sp³-hybridized carbons (Fsp3) is 0.190. The molecular formula is C21H20FN3O3. The number of ether oxygens (including phenoxy) is 1. The van der Waals surface area contributed by atoms with Crippen LogP contribution in [0, 0.1) is 12.7 Å². The van der Waals surface area contributed by atoms with Crippen molar-refractivity contribution < 1.29 is 18.7 Å². The van der Waals surface area contributed by atoms with Crippen LogP contribution in [0.2, 0.25) is 0 Å². The Kier molecular flexibility index (Phi) is 5.54. The lowest BCUT2D eigenvalue weighted by atomic mass is 10.1. The lowest BCUT2D eigenvalue weighted by Crippen LogP contribution is -2.35. The number of methoxy groups -OCH3 is 1. The van der Waals surface area contributed by atoms with Crippen molar-refractivity contribution in [1.82, 2.24) is 9.88 Å². The number of carbonyl (C=O) groups is 2. The van der Waals surface area contributed by atoms with Gasteiger partial charge in [0.2, 0.25) is 5.91 Å². The third-order valence-corrected chi connectivity index (χ3v) is 4.28. The average molecular weight is 381 g/mol. The van der Waals surface area contributed by atoms with E-state index in [0.717, 1.165) is 10.9 Å². The Hall–Kier alpha value is -3.48. The molecular weight excluding hydrogens is 361 g/mol. The predicted molar refractivity (Wildman–Crippen MR) is 105 cm³/mol. The Balaban J connectivity index is 1.76. The third-order valence-electron chi connectivity index (χ3n) is 4.28. The van der Waals surface area contributed by atoms with Gasteiger partial charge in [0.05, 0.1) is 30.4 Å². The highest BCUT2D eigenvalue weighted by atomic mass is 19.1. The SMILES string of the molecule is COc1ccc2nc(C)c(C(=O)N(C)CC(=O)Nc3cccc(F)c3)cc2c1. The van der Waals surface area contributed by atoms with E-state index >= 15 is 0 Å². The van der Waals surface area contributed by atoms with Gasteiger partial charge >= 0.3 is 0 Å². The van der Waals surface area contributed by atoms with Gasteiger partial charge in [0, 0.05) is 18.1 Å². The first-order chi connectivity index (χ1) is 13.4. The van der Waals surface area contributed by atoms with Crippen LogP contribution < -0.4 is 10.1 Å². The molecule has 2 amide bonds. The van der Waals surface area contributed by atoms with Gasteiger partial charge in [-0.15, -0.1) is 0 Å². The molecule has 144 valence electrons. The predicted octanol–water partition coefficient (Wildman–Crippen LogP) is 3.40. The second kappa shape index (κ2) is 8.04. The van der Waals surface area contributed by atoms with Crippen LogP contribution in [-0.2, 0) is 4.79 Å². The van der Waals surface area contributed by atoms with Crippen LogP contribution in [0.25, 0.3) is 10.9 Å². The molecule has 0 fully saturated rings. The molecule has 0 bridgehead atoms. The number of carbonyl (C=O) groups excluding carboxylic acids is 2. The molecule has 0 aliphatic carbocycles. The normalized spacial score (nSPS) is 10.6. The second-order valence-electron chi connectivity index (χ2n) is 6.40. The van der Waals surface area contributed by atoms with E-state index in [0.29, 0.717) is 22.7 Å². The van der Waals surface area contributed by atoms with E-state index < -0.39 is 11.7 Å². The first kappa shape index (κ1) is 19.3. The summed E-state index contributed by atoms with van der Waals surface area (Å²) >= 11 is 0. The maximum atomic E-state index is 13.2. The highest BCUT2D eigenvalue weighted by molar-refractivity contribution is 6.01. The fourth-order valence-corrected chi connectivity index (χ4v) is 2.85. The molecule has 2 aromatic carbocycles. The monoisotopic (exact) mass is 381 g/mol. The number of nitrogens with zero attached hydrogens (tertiary/aromatic N) is 2. The highest BCUT2D eigenvalue weighted by Gasteiger charge is 2.18. The molecule has 28 heavy (non-hydrogen) atoms. The van der Waals surface area contributed by atoms with E-state index in [1.807, 2.05) is 6.07 Å². The van der Waals surface area contributed by atoms with Crippen molar-refractivity contribution in [2.24, 2.45) is 0 Å². The quantitative estimate of drug-likeness (QED) is 0.735. The van der Waals surface area contributed by atoms with E-state index in [2.05, 4.69) is 10.3 Å². The summed E-state index contributed by atoms with van der Waals surface area (Å²) in [5.74, 6) is -0.534. The van der Waals surface area contributed by atoms with Crippen molar-refractivity contribution in [2.75, 3.05) is 26.0 Å². The van der Waals surface area contributed by atoms with Crippen LogP contribution in [0.3, 0.4) is 0 Å². The fourth-order valence-electron chi connectivity index (χ4n) is 2.85. The minimum Gasteiger partial charge on any atom is -0.497 e. The summed E-state index contributed by atoms with van der Waals surface area (Å²) in [6.45, 7) is 1.57. The molecule has 3 rings (SSSR count). The highest BCUT2D eigenvalue weighted by Crippen LogP contribution is 2.22. The van der Waals surface area contributed by atoms with E-state index in [9.17, 15) is 14.0 Å². The van der Waals surface area contributed by atoms with Gasteiger partial charge in [0.1, 0.15) is 11.6 Å². The van der Waals surface area contributed by atoms with Crippen molar-refractivity contribution in [1.29, 1.82) is 0 Å². The molecule has 0 saturated carbocycles. The zero-order valence-electron chi connectivity index (χ0n) is 15.8. The third kappa shape index (κ3) is 4.25. The first-order valence-corrected chi connectivity index (χ1v) is 8.63. The number of benzene rings is 2. The van der Waals surface area contributed by atoms with Gasteiger partial charge < -0.3 is 15.0 Å². The Morgan fingerprint density at radius 1 is 1.18 bits per heavy atom. The number of hydrogen-bond donors (Lipinski definition) is 1. The van der Waals surface area contributed by atoms with E-state index in [1.165, 1.54) is 30.1 Å². The molecule has 0 unspecified atom stereocenters. The Morgan fingerprint density at radius 3 is 2.68 bits per heavy atom. The zero-order valence-corrected chi connectivity index (χ0v) is 15.8. The van der Waals surface area contributed by atoms with Gasteiger partial charge in [-0.25, -0.2) is 4.39 Å². The average Bonchev–Trinajstić information content (AvgIpc) is 2.66. The standard InChI is InChI=1S/C21H20FN3O3/c1-13-18(10-14-9-17(28-3)7-8-19(14)23-13)21(27)25(2)12-20(26)24-16-6-4-5-15(22)11-16/h4-11H,12H2,1-3H3,(H,24,26). The number of nitrogens with one attached hydrogen (secondary N) is 1. The number of pyridine rings is 1. The maximum absolute atomic E-state index is 13.2. The molecule has 0 spiro atoms. The van der Waals surface area contributed by atoms with Gasteiger partial charge in [0.25, 0.3) is 5.91 Å². The number of likely N-dealkylation sites (N-methyl/N-ethyl adjacent to an activating group) is 1. The molecule has 1 aromatic heterocycles. The number of anilines is 1. The van der Waals surface area contributed by atoms with Crippen molar-refractivity contribution in [3.8, 4) is 5.75 Å². The van der Waals surface area contributed by atoms with E-state index in [4.69, 9.17) is 4.74 Å².